The third-order valence-electron chi connectivity index (χ3n) is 2.85. The van der Waals surface area contributed by atoms with Gasteiger partial charge >= 0.3 is 0 Å². The molecule has 0 aromatic heterocycles. The molecule has 0 bridgehead atoms. The zero-order chi connectivity index (χ0) is 13.8. The number of ether oxygens (including phenoxy) is 1. The van der Waals surface area contributed by atoms with Crippen LogP contribution >= 0.6 is 27.5 Å². The summed E-state index contributed by atoms with van der Waals surface area (Å²) < 4.78 is 6.98. The van der Waals surface area contributed by atoms with Crippen LogP contribution in [0.2, 0.25) is 5.02 Å². The first-order chi connectivity index (χ1) is 9.10. The monoisotopic (exact) mass is 339 g/mol. The fourth-order valence-corrected chi connectivity index (χ4v) is 2.35. The number of hydrogen-bond acceptors (Lipinski definition) is 2. The molecule has 2 aromatic carbocycles. The van der Waals surface area contributed by atoms with Gasteiger partial charge < -0.3 is 10.5 Å². The van der Waals surface area contributed by atoms with Crippen LogP contribution in [0.25, 0.3) is 0 Å². The van der Waals surface area contributed by atoms with Crippen LogP contribution < -0.4 is 10.5 Å². The Balaban J connectivity index is 2.26. The molecular weight excluding hydrogens is 326 g/mol. The van der Waals surface area contributed by atoms with Crippen LogP contribution in [0.1, 0.15) is 17.2 Å². The van der Waals surface area contributed by atoms with E-state index < -0.39 is 0 Å². The molecule has 19 heavy (non-hydrogen) atoms. The molecule has 0 aliphatic carbocycles. The highest BCUT2D eigenvalue weighted by molar-refractivity contribution is 9.10. The van der Waals surface area contributed by atoms with Gasteiger partial charge in [0.25, 0.3) is 0 Å². The first kappa shape index (κ1) is 14.4. The average molecular weight is 341 g/mol. The van der Waals surface area contributed by atoms with E-state index in [2.05, 4.69) is 15.9 Å². The number of benzene rings is 2. The van der Waals surface area contributed by atoms with Gasteiger partial charge in [0.15, 0.2) is 0 Å². The largest absolute Gasteiger partial charge is 0.484 e. The molecular formula is C15H15BrClNO. The van der Waals surface area contributed by atoms with E-state index in [9.17, 15) is 0 Å². The SMILES string of the molecule is Cc1ccc(Br)cc1OC(CN)c1cccc(Cl)c1. The van der Waals surface area contributed by atoms with Crippen LogP contribution in [0, 0.1) is 6.92 Å². The molecule has 2 aromatic rings. The first-order valence-corrected chi connectivity index (χ1v) is 7.15. The van der Waals surface area contributed by atoms with Crippen molar-refractivity contribution in [3.05, 3.63) is 63.1 Å². The number of aryl methyl sites for hydroxylation is 1. The maximum Gasteiger partial charge on any atom is 0.136 e. The standard InChI is InChI=1S/C15H15BrClNO/c1-10-5-6-12(16)8-14(10)19-15(9-18)11-3-2-4-13(17)7-11/h2-8,15H,9,18H2,1H3. The van der Waals surface area contributed by atoms with Crippen molar-refractivity contribution < 1.29 is 4.74 Å². The molecule has 4 heteroatoms. The quantitative estimate of drug-likeness (QED) is 0.890. The van der Waals surface area contributed by atoms with E-state index in [4.69, 9.17) is 22.1 Å². The molecule has 2 rings (SSSR count). The summed E-state index contributed by atoms with van der Waals surface area (Å²) in [6.07, 6.45) is -0.202. The third-order valence-corrected chi connectivity index (χ3v) is 3.58. The molecule has 0 aliphatic heterocycles. The van der Waals surface area contributed by atoms with E-state index in [0.717, 1.165) is 21.3 Å². The van der Waals surface area contributed by atoms with Gasteiger partial charge in [-0.25, -0.2) is 0 Å². The number of rotatable bonds is 4. The van der Waals surface area contributed by atoms with Gasteiger partial charge in [-0.2, -0.15) is 0 Å². The molecule has 0 spiro atoms. The summed E-state index contributed by atoms with van der Waals surface area (Å²) in [5.41, 5.74) is 7.86. The second kappa shape index (κ2) is 6.42. The van der Waals surface area contributed by atoms with Gasteiger partial charge in [-0.3, -0.25) is 0 Å². The van der Waals surface area contributed by atoms with Gasteiger partial charge in [0.05, 0.1) is 0 Å². The lowest BCUT2D eigenvalue weighted by Crippen LogP contribution is -2.18. The molecule has 2 nitrogen and oxygen atoms in total. The zero-order valence-electron chi connectivity index (χ0n) is 10.6. The Kier molecular flexibility index (Phi) is 4.86. The average Bonchev–Trinajstić information content (AvgIpc) is 2.39. The molecule has 0 saturated heterocycles. The predicted octanol–water partition coefficient (Wildman–Crippen LogP) is 4.49. The summed E-state index contributed by atoms with van der Waals surface area (Å²) >= 11 is 9.45. The van der Waals surface area contributed by atoms with Crippen LogP contribution in [0.3, 0.4) is 0 Å². The highest BCUT2D eigenvalue weighted by Gasteiger charge is 2.13. The van der Waals surface area contributed by atoms with Crippen molar-refractivity contribution in [1.82, 2.24) is 0 Å². The van der Waals surface area contributed by atoms with Gasteiger partial charge in [0, 0.05) is 16.0 Å². The highest BCUT2D eigenvalue weighted by Crippen LogP contribution is 2.28. The van der Waals surface area contributed by atoms with E-state index in [0.29, 0.717) is 11.6 Å². The predicted molar refractivity (Wildman–Crippen MR) is 82.8 cm³/mol. The molecule has 0 heterocycles. The van der Waals surface area contributed by atoms with Crippen molar-refractivity contribution in [2.75, 3.05) is 6.54 Å². The minimum Gasteiger partial charge on any atom is -0.484 e. The molecule has 2 N–H and O–H groups in total. The van der Waals surface area contributed by atoms with Crippen molar-refractivity contribution in [2.24, 2.45) is 5.73 Å². The Morgan fingerprint density at radius 1 is 1.26 bits per heavy atom. The van der Waals surface area contributed by atoms with E-state index in [1.165, 1.54) is 0 Å². The molecule has 1 atom stereocenters. The van der Waals surface area contributed by atoms with Crippen molar-refractivity contribution >= 4 is 27.5 Å². The molecule has 0 saturated carbocycles. The second-order valence-corrected chi connectivity index (χ2v) is 5.66. The highest BCUT2D eigenvalue weighted by atomic mass is 79.9. The van der Waals surface area contributed by atoms with Crippen LogP contribution in [0.5, 0.6) is 5.75 Å². The molecule has 1 unspecified atom stereocenters. The molecule has 0 amide bonds. The van der Waals surface area contributed by atoms with Gasteiger partial charge in [-0.1, -0.05) is 45.7 Å². The normalized spacial score (nSPS) is 12.2. The van der Waals surface area contributed by atoms with E-state index >= 15 is 0 Å². The van der Waals surface area contributed by atoms with Crippen LogP contribution in [0.15, 0.2) is 46.9 Å². The van der Waals surface area contributed by atoms with Crippen LogP contribution in [-0.2, 0) is 0 Å². The summed E-state index contributed by atoms with van der Waals surface area (Å²) in [7, 11) is 0. The zero-order valence-corrected chi connectivity index (χ0v) is 12.9. The molecule has 0 radical (unpaired) electrons. The Morgan fingerprint density at radius 3 is 2.74 bits per heavy atom. The molecule has 0 aliphatic rings. The summed E-state index contributed by atoms with van der Waals surface area (Å²) in [5, 5.41) is 0.686. The lowest BCUT2D eigenvalue weighted by atomic mass is 10.1. The topological polar surface area (TPSA) is 35.2 Å². The number of halogens is 2. The van der Waals surface area contributed by atoms with E-state index in [1.54, 1.807) is 0 Å². The fraction of sp³-hybridized carbons (Fsp3) is 0.200. The summed E-state index contributed by atoms with van der Waals surface area (Å²) in [4.78, 5) is 0. The van der Waals surface area contributed by atoms with Gasteiger partial charge in [0.1, 0.15) is 11.9 Å². The van der Waals surface area contributed by atoms with Crippen LogP contribution in [0.4, 0.5) is 0 Å². The Labute approximate surface area is 126 Å². The second-order valence-electron chi connectivity index (χ2n) is 4.31. The van der Waals surface area contributed by atoms with Crippen molar-refractivity contribution in [2.45, 2.75) is 13.0 Å². The smallest absolute Gasteiger partial charge is 0.136 e. The van der Waals surface area contributed by atoms with Gasteiger partial charge in [-0.05, 0) is 42.3 Å². The molecule has 0 fully saturated rings. The van der Waals surface area contributed by atoms with Crippen LogP contribution in [-0.4, -0.2) is 6.54 Å². The fourth-order valence-electron chi connectivity index (χ4n) is 1.81. The Bertz CT molecular complexity index is 574. The van der Waals surface area contributed by atoms with E-state index in [1.807, 2.05) is 49.4 Å². The van der Waals surface area contributed by atoms with Crippen molar-refractivity contribution in [1.29, 1.82) is 0 Å². The maximum absolute atomic E-state index is 6.00. The minimum atomic E-state index is -0.202. The lowest BCUT2D eigenvalue weighted by Gasteiger charge is -2.19. The summed E-state index contributed by atoms with van der Waals surface area (Å²) in [6, 6.07) is 13.5. The number of nitrogens with two attached hydrogens (primary N) is 1. The Morgan fingerprint density at radius 2 is 2.05 bits per heavy atom. The summed E-state index contributed by atoms with van der Waals surface area (Å²) in [5.74, 6) is 0.824. The van der Waals surface area contributed by atoms with Gasteiger partial charge in [0.2, 0.25) is 0 Å². The maximum atomic E-state index is 6.00. The first-order valence-electron chi connectivity index (χ1n) is 5.98. The van der Waals surface area contributed by atoms with E-state index in [-0.39, 0.29) is 6.10 Å². The lowest BCUT2D eigenvalue weighted by molar-refractivity contribution is 0.212. The summed E-state index contributed by atoms with van der Waals surface area (Å²) in [6.45, 7) is 2.40. The Hall–Kier alpha value is -1.03. The number of hydrogen-bond donors (Lipinski definition) is 1. The van der Waals surface area contributed by atoms with Gasteiger partial charge in [-0.15, -0.1) is 0 Å². The minimum absolute atomic E-state index is 0.202. The third kappa shape index (κ3) is 3.72. The molecule has 100 valence electrons. The van der Waals surface area contributed by atoms with Crippen molar-refractivity contribution in [3.8, 4) is 5.75 Å². The van der Waals surface area contributed by atoms with Crippen molar-refractivity contribution in [3.63, 3.8) is 0 Å².